The maximum atomic E-state index is 4.88. The highest BCUT2D eigenvalue weighted by molar-refractivity contribution is 9.10. The van der Waals surface area contributed by atoms with E-state index in [4.69, 9.17) is 4.98 Å². The van der Waals surface area contributed by atoms with Crippen LogP contribution >= 0.6 is 15.9 Å². The van der Waals surface area contributed by atoms with Gasteiger partial charge in [0.15, 0.2) is 0 Å². The molecule has 29 heavy (non-hydrogen) atoms. The molecule has 0 amide bonds. The van der Waals surface area contributed by atoms with Gasteiger partial charge in [0.2, 0.25) is 0 Å². The summed E-state index contributed by atoms with van der Waals surface area (Å²) >= 11 is 3.72. The SMILES string of the molecule is C[B]CCC1(C)c2ccc(Br)cc2N2c3ncccc3C(C)(C)c3cccc1c32. The van der Waals surface area contributed by atoms with Crippen molar-refractivity contribution in [1.29, 1.82) is 0 Å². The van der Waals surface area contributed by atoms with Crippen molar-refractivity contribution < 1.29 is 0 Å². The number of fused-ring (bicyclic) bond motifs is 4. The van der Waals surface area contributed by atoms with Crippen LogP contribution in [0.4, 0.5) is 17.2 Å². The van der Waals surface area contributed by atoms with Gasteiger partial charge in [0.25, 0.3) is 0 Å². The van der Waals surface area contributed by atoms with Crippen molar-refractivity contribution in [3.8, 4) is 0 Å². The van der Waals surface area contributed by atoms with Gasteiger partial charge in [-0.15, -0.1) is 0 Å². The normalized spacial score (nSPS) is 20.5. The lowest BCUT2D eigenvalue weighted by molar-refractivity contribution is 0.533. The number of pyridine rings is 1. The molecule has 0 aliphatic carbocycles. The summed E-state index contributed by atoms with van der Waals surface area (Å²) in [6.45, 7) is 9.23. The maximum absolute atomic E-state index is 4.88. The minimum Gasteiger partial charge on any atom is -0.294 e. The molecule has 0 spiro atoms. The van der Waals surface area contributed by atoms with E-state index in [1.807, 2.05) is 6.20 Å². The Morgan fingerprint density at radius 2 is 1.72 bits per heavy atom. The molecular weight excluding hydrogens is 419 g/mol. The fourth-order valence-corrected chi connectivity index (χ4v) is 5.64. The van der Waals surface area contributed by atoms with Crippen LogP contribution in [0, 0.1) is 0 Å². The summed E-state index contributed by atoms with van der Waals surface area (Å²) in [6, 6.07) is 17.9. The number of nitrogens with zero attached hydrogens (tertiary/aromatic N) is 2. The fraction of sp³-hybridized carbons (Fsp3) is 0.320. The number of halogens is 1. The van der Waals surface area contributed by atoms with E-state index in [9.17, 15) is 0 Å². The number of benzene rings is 2. The molecule has 0 saturated heterocycles. The first kappa shape index (κ1) is 18.9. The van der Waals surface area contributed by atoms with E-state index in [0.717, 1.165) is 23.0 Å². The topological polar surface area (TPSA) is 16.1 Å². The van der Waals surface area contributed by atoms with Gasteiger partial charge in [-0.05, 0) is 41.3 Å². The van der Waals surface area contributed by atoms with Crippen LogP contribution in [-0.4, -0.2) is 12.3 Å². The summed E-state index contributed by atoms with van der Waals surface area (Å²) < 4.78 is 1.10. The zero-order chi connectivity index (χ0) is 20.4. The largest absolute Gasteiger partial charge is 0.294 e. The second kappa shape index (κ2) is 6.47. The Morgan fingerprint density at radius 3 is 2.52 bits per heavy atom. The zero-order valence-corrected chi connectivity index (χ0v) is 19.0. The van der Waals surface area contributed by atoms with Gasteiger partial charge < -0.3 is 0 Å². The second-order valence-corrected chi connectivity index (χ2v) is 9.89. The van der Waals surface area contributed by atoms with Crippen LogP contribution in [0.5, 0.6) is 0 Å². The van der Waals surface area contributed by atoms with E-state index in [2.05, 4.69) is 104 Å². The molecule has 2 nitrogen and oxygen atoms in total. The number of aromatic nitrogens is 1. The molecule has 2 aromatic carbocycles. The third kappa shape index (κ3) is 2.51. The second-order valence-electron chi connectivity index (χ2n) is 8.98. The van der Waals surface area contributed by atoms with Gasteiger partial charge in [-0.2, -0.15) is 0 Å². The molecule has 5 rings (SSSR count). The lowest BCUT2D eigenvalue weighted by Crippen LogP contribution is -2.39. The molecule has 1 unspecified atom stereocenters. The van der Waals surface area contributed by atoms with E-state index in [-0.39, 0.29) is 10.8 Å². The first-order chi connectivity index (χ1) is 13.9. The Morgan fingerprint density at radius 1 is 0.966 bits per heavy atom. The van der Waals surface area contributed by atoms with Crippen LogP contribution in [0.15, 0.2) is 59.2 Å². The number of para-hydroxylation sites is 1. The average molecular weight is 444 g/mol. The molecule has 0 saturated carbocycles. The molecule has 2 aliphatic heterocycles. The van der Waals surface area contributed by atoms with Gasteiger partial charge in [-0.25, -0.2) is 4.98 Å². The van der Waals surface area contributed by atoms with Crippen LogP contribution in [0.1, 0.15) is 49.4 Å². The van der Waals surface area contributed by atoms with Gasteiger partial charge in [-0.1, -0.05) is 80.2 Å². The lowest BCUT2D eigenvalue weighted by atomic mass is 9.62. The Kier molecular flexibility index (Phi) is 4.22. The highest BCUT2D eigenvalue weighted by atomic mass is 79.9. The maximum Gasteiger partial charge on any atom is 0.141 e. The van der Waals surface area contributed by atoms with Gasteiger partial charge in [0.05, 0.1) is 11.4 Å². The van der Waals surface area contributed by atoms with Gasteiger partial charge in [0, 0.05) is 27.1 Å². The molecule has 1 radical (unpaired) electrons. The molecule has 4 heteroatoms. The fourth-order valence-electron chi connectivity index (χ4n) is 5.29. The monoisotopic (exact) mass is 443 g/mol. The molecular formula is C25H25BBrN2. The Hall–Kier alpha value is -2.07. The van der Waals surface area contributed by atoms with Crippen molar-refractivity contribution in [2.24, 2.45) is 0 Å². The lowest BCUT2D eigenvalue weighted by Gasteiger charge is -2.49. The van der Waals surface area contributed by atoms with Crippen LogP contribution in [0.25, 0.3) is 0 Å². The van der Waals surface area contributed by atoms with Gasteiger partial charge >= 0.3 is 0 Å². The highest BCUT2D eigenvalue weighted by Gasteiger charge is 2.47. The molecule has 3 heterocycles. The molecule has 3 aromatic rings. The zero-order valence-electron chi connectivity index (χ0n) is 17.5. The minimum atomic E-state index is -0.0905. The molecule has 145 valence electrons. The Bertz CT molecular complexity index is 1120. The summed E-state index contributed by atoms with van der Waals surface area (Å²) in [5.74, 6) is 1.06. The van der Waals surface area contributed by atoms with E-state index in [1.54, 1.807) is 0 Å². The first-order valence-electron chi connectivity index (χ1n) is 10.4. The smallest absolute Gasteiger partial charge is 0.141 e. The molecule has 1 atom stereocenters. The number of hydrogen-bond acceptors (Lipinski definition) is 2. The predicted molar refractivity (Wildman–Crippen MR) is 126 cm³/mol. The minimum absolute atomic E-state index is 0.0350. The van der Waals surface area contributed by atoms with E-state index >= 15 is 0 Å². The third-order valence-corrected chi connectivity index (χ3v) is 7.42. The summed E-state index contributed by atoms with van der Waals surface area (Å²) in [7, 11) is 2.28. The number of anilines is 3. The standard InChI is InChI=1S/C25H25BBrN2/c1-24(2)18-7-5-8-19-22(18)29(23-20(24)9-6-14-28-23)21-15-16(27)10-11-17(21)25(19,3)12-13-26-4/h5-11,14-15H,12-13H2,1-4H3. The van der Waals surface area contributed by atoms with E-state index in [1.165, 1.54) is 33.6 Å². The predicted octanol–water partition coefficient (Wildman–Crippen LogP) is 7.13. The molecule has 0 bridgehead atoms. The number of rotatable bonds is 3. The van der Waals surface area contributed by atoms with Gasteiger partial charge in [0.1, 0.15) is 13.1 Å². The number of hydrogen-bond donors (Lipinski definition) is 0. The van der Waals surface area contributed by atoms with Crippen molar-refractivity contribution in [2.45, 2.75) is 51.2 Å². The molecule has 0 fully saturated rings. The Balaban J connectivity index is 1.90. The van der Waals surface area contributed by atoms with Crippen LogP contribution in [0.3, 0.4) is 0 Å². The van der Waals surface area contributed by atoms with Crippen LogP contribution in [-0.2, 0) is 10.8 Å². The van der Waals surface area contributed by atoms with Crippen LogP contribution < -0.4 is 4.90 Å². The summed E-state index contributed by atoms with van der Waals surface area (Å²) in [5, 5.41) is 0. The van der Waals surface area contributed by atoms with Crippen molar-refractivity contribution in [1.82, 2.24) is 4.98 Å². The first-order valence-corrected chi connectivity index (χ1v) is 11.2. The highest BCUT2D eigenvalue weighted by Crippen LogP contribution is 2.60. The van der Waals surface area contributed by atoms with Crippen LogP contribution in [0.2, 0.25) is 13.1 Å². The van der Waals surface area contributed by atoms with Crippen molar-refractivity contribution >= 4 is 40.4 Å². The quantitative estimate of drug-likeness (QED) is 0.400. The third-order valence-electron chi connectivity index (χ3n) is 6.93. The van der Waals surface area contributed by atoms with Crippen molar-refractivity contribution in [2.75, 3.05) is 4.90 Å². The Labute approximate surface area is 182 Å². The molecule has 2 aliphatic rings. The average Bonchev–Trinajstić information content (AvgIpc) is 2.72. The van der Waals surface area contributed by atoms with E-state index < -0.39 is 0 Å². The van der Waals surface area contributed by atoms with E-state index in [0.29, 0.717) is 0 Å². The summed E-state index contributed by atoms with van der Waals surface area (Å²) in [4.78, 5) is 7.29. The van der Waals surface area contributed by atoms with Gasteiger partial charge in [-0.3, -0.25) is 4.90 Å². The van der Waals surface area contributed by atoms with Crippen molar-refractivity contribution in [3.63, 3.8) is 0 Å². The summed E-state index contributed by atoms with van der Waals surface area (Å²) in [6.07, 6.45) is 4.10. The molecule has 1 aromatic heterocycles. The van der Waals surface area contributed by atoms with Crippen molar-refractivity contribution in [3.05, 3.63) is 81.5 Å². The molecule has 0 N–H and O–H groups in total. The summed E-state index contributed by atoms with van der Waals surface area (Å²) in [5.41, 5.74) is 7.90.